The molecular formula is C19H23FN4O. The molecule has 3 rings (SSSR count). The maximum absolute atomic E-state index is 13.3. The van der Waals surface area contributed by atoms with E-state index in [4.69, 9.17) is 0 Å². The minimum atomic E-state index is -0.268. The van der Waals surface area contributed by atoms with Crippen LogP contribution in [0.4, 0.5) is 10.3 Å². The number of hydrogen-bond donors (Lipinski definition) is 1. The van der Waals surface area contributed by atoms with Gasteiger partial charge >= 0.3 is 0 Å². The molecule has 0 saturated carbocycles. The van der Waals surface area contributed by atoms with Crippen molar-refractivity contribution in [1.29, 1.82) is 0 Å². The molecule has 2 atom stereocenters. The maximum atomic E-state index is 13.3. The highest BCUT2D eigenvalue weighted by molar-refractivity contribution is 5.77. The fourth-order valence-electron chi connectivity index (χ4n) is 3.23. The van der Waals surface area contributed by atoms with Crippen LogP contribution in [0, 0.1) is 5.82 Å². The van der Waals surface area contributed by atoms with Gasteiger partial charge in [0.25, 0.3) is 0 Å². The Kier molecular flexibility index (Phi) is 5.58. The SMILES string of the molecule is CC(CC(=O)NC1CCCN(c2ncccn2)C1)c1cccc(F)c1. The normalized spacial score (nSPS) is 18.6. The summed E-state index contributed by atoms with van der Waals surface area (Å²) in [5.74, 6) is 0.413. The van der Waals surface area contributed by atoms with Gasteiger partial charge in [-0.1, -0.05) is 19.1 Å². The fourth-order valence-corrected chi connectivity index (χ4v) is 3.23. The van der Waals surface area contributed by atoms with Crippen LogP contribution in [0.1, 0.15) is 37.7 Å². The van der Waals surface area contributed by atoms with Gasteiger partial charge in [-0.2, -0.15) is 0 Å². The van der Waals surface area contributed by atoms with Crippen LogP contribution in [-0.2, 0) is 4.79 Å². The second kappa shape index (κ2) is 8.05. The van der Waals surface area contributed by atoms with Crippen molar-refractivity contribution in [2.45, 2.75) is 38.1 Å². The van der Waals surface area contributed by atoms with E-state index >= 15 is 0 Å². The molecule has 1 amide bonds. The molecule has 2 aromatic rings. The van der Waals surface area contributed by atoms with E-state index in [0.717, 1.165) is 24.9 Å². The summed E-state index contributed by atoms with van der Waals surface area (Å²) in [6.45, 7) is 3.56. The van der Waals surface area contributed by atoms with E-state index in [1.807, 2.05) is 13.0 Å². The molecular weight excluding hydrogens is 319 g/mol. The lowest BCUT2D eigenvalue weighted by molar-refractivity contribution is -0.122. The molecule has 1 aromatic carbocycles. The standard InChI is InChI=1S/C19H23FN4O/c1-14(15-5-2-6-16(20)12-15)11-18(25)23-17-7-3-10-24(13-17)19-21-8-4-9-22-19/h2,4-6,8-9,12,14,17H,3,7,10-11,13H2,1H3,(H,23,25). The van der Waals surface area contributed by atoms with Crippen LogP contribution in [0.15, 0.2) is 42.7 Å². The Labute approximate surface area is 147 Å². The summed E-state index contributed by atoms with van der Waals surface area (Å²) in [6.07, 6.45) is 5.74. The number of carbonyl (C=O) groups excluding carboxylic acids is 1. The summed E-state index contributed by atoms with van der Waals surface area (Å²) in [4.78, 5) is 23.0. The van der Waals surface area contributed by atoms with Crippen LogP contribution in [-0.4, -0.2) is 35.0 Å². The van der Waals surface area contributed by atoms with Crippen LogP contribution in [0.3, 0.4) is 0 Å². The first kappa shape index (κ1) is 17.3. The molecule has 1 N–H and O–H groups in total. The van der Waals surface area contributed by atoms with E-state index in [2.05, 4.69) is 20.2 Å². The number of halogens is 1. The van der Waals surface area contributed by atoms with Gasteiger partial charge < -0.3 is 10.2 Å². The monoisotopic (exact) mass is 342 g/mol. The van der Waals surface area contributed by atoms with Crippen LogP contribution in [0.25, 0.3) is 0 Å². The summed E-state index contributed by atoms with van der Waals surface area (Å²) < 4.78 is 13.3. The van der Waals surface area contributed by atoms with Gasteiger partial charge in [0.15, 0.2) is 0 Å². The Morgan fingerprint density at radius 1 is 1.36 bits per heavy atom. The van der Waals surface area contributed by atoms with Crippen molar-refractivity contribution < 1.29 is 9.18 Å². The van der Waals surface area contributed by atoms with E-state index in [1.54, 1.807) is 24.5 Å². The minimum absolute atomic E-state index is 0.00223. The molecule has 1 aromatic heterocycles. The highest BCUT2D eigenvalue weighted by Gasteiger charge is 2.23. The Bertz CT molecular complexity index is 710. The quantitative estimate of drug-likeness (QED) is 0.908. The molecule has 0 radical (unpaired) electrons. The third-order valence-corrected chi connectivity index (χ3v) is 4.53. The number of carbonyl (C=O) groups is 1. The zero-order chi connectivity index (χ0) is 17.6. The molecule has 0 bridgehead atoms. The van der Waals surface area contributed by atoms with E-state index in [-0.39, 0.29) is 23.7 Å². The van der Waals surface area contributed by atoms with Crippen molar-refractivity contribution in [2.24, 2.45) is 0 Å². The minimum Gasteiger partial charge on any atom is -0.352 e. The second-order valence-corrected chi connectivity index (χ2v) is 6.56. The van der Waals surface area contributed by atoms with E-state index < -0.39 is 0 Å². The fraction of sp³-hybridized carbons (Fsp3) is 0.421. The number of nitrogens with one attached hydrogen (secondary N) is 1. The largest absolute Gasteiger partial charge is 0.352 e. The second-order valence-electron chi connectivity index (χ2n) is 6.56. The van der Waals surface area contributed by atoms with Crippen molar-refractivity contribution >= 4 is 11.9 Å². The molecule has 5 nitrogen and oxygen atoms in total. The van der Waals surface area contributed by atoms with Gasteiger partial charge in [-0.05, 0) is 42.5 Å². The third kappa shape index (κ3) is 4.75. The summed E-state index contributed by atoms with van der Waals surface area (Å²) in [5.41, 5.74) is 0.845. The maximum Gasteiger partial charge on any atom is 0.225 e. The van der Waals surface area contributed by atoms with Crippen molar-refractivity contribution in [2.75, 3.05) is 18.0 Å². The Morgan fingerprint density at radius 2 is 2.16 bits per heavy atom. The van der Waals surface area contributed by atoms with Crippen LogP contribution in [0.2, 0.25) is 0 Å². The molecule has 1 aliphatic rings. The third-order valence-electron chi connectivity index (χ3n) is 4.53. The smallest absolute Gasteiger partial charge is 0.225 e. The number of hydrogen-bond acceptors (Lipinski definition) is 4. The molecule has 132 valence electrons. The summed E-state index contributed by atoms with van der Waals surface area (Å²) in [6, 6.07) is 8.32. The van der Waals surface area contributed by atoms with E-state index in [0.29, 0.717) is 18.9 Å². The molecule has 1 fully saturated rings. The lowest BCUT2D eigenvalue weighted by atomic mass is 9.97. The van der Waals surface area contributed by atoms with Crippen molar-refractivity contribution in [3.05, 3.63) is 54.1 Å². The number of nitrogens with zero attached hydrogens (tertiary/aromatic N) is 3. The van der Waals surface area contributed by atoms with Gasteiger partial charge in [-0.3, -0.25) is 4.79 Å². The van der Waals surface area contributed by atoms with Crippen LogP contribution < -0.4 is 10.2 Å². The van der Waals surface area contributed by atoms with Gasteiger partial charge in [0.2, 0.25) is 11.9 Å². The zero-order valence-electron chi connectivity index (χ0n) is 14.4. The number of aromatic nitrogens is 2. The highest BCUT2D eigenvalue weighted by Crippen LogP contribution is 2.20. The Morgan fingerprint density at radius 3 is 2.92 bits per heavy atom. The summed E-state index contributed by atoms with van der Waals surface area (Å²) >= 11 is 0. The van der Waals surface area contributed by atoms with Crippen LogP contribution >= 0.6 is 0 Å². The average molecular weight is 342 g/mol. The van der Waals surface area contributed by atoms with Crippen molar-refractivity contribution in [1.82, 2.24) is 15.3 Å². The predicted octanol–water partition coefficient (Wildman–Crippen LogP) is 2.89. The molecule has 6 heteroatoms. The number of benzene rings is 1. The lowest BCUT2D eigenvalue weighted by Gasteiger charge is -2.33. The Hall–Kier alpha value is -2.50. The number of anilines is 1. The number of piperidine rings is 1. The summed E-state index contributed by atoms with van der Waals surface area (Å²) in [5, 5.41) is 3.10. The molecule has 1 saturated heterocycles. The van der Waals surface area contributed by atoms with E-state index in [1.165, 1.54) is 12.1 Å². The first-order valence-electron chi connectivity index (χ1n) is 8.68. The first-order chi connectivity index (χ1) is 12.1. The van der Waals surface area contributed by atoms with E-state index in [9.17, 15) is 9.18 Å². The van der Waals surface area contributed by atoms with Gasteiger partial charge in [0.1, 0.15) is 5.82 Å². The average Bonchev–Trinajstić information content (AvgIpc) is 2.62. The lowest BCUT2D eigenvalue weighted by Crippen LogP contribution is -2.48. The van der Waals surface area contributed by atoms with Gasteiger partial charge in [-0.25, -0.2) is 14.4 Å². The van der Waals surface area contributed by atoms with Crippen molar-refractivity contribution in [3.8, 4) is 0 Å². The van der Waals surface area contributed by atoms with Crippen molar-refractivity contribution in [3.63, 3.8) is 0 Å². The predicted molar refractivity (Wildman–Crippen MR) is 94.8 cm³/mol. The number of amides is 1. The molecule has 1 aliphatic heterocycles. The zero-order valence-corrected chi connectivity index (χ0v) is 14.4. The molecule has 2 unspecified atom stereocenters. The first-order valence-corrected chi connectivity index (χ1v) is 8.68. The van der Waals surface area contributed by atoms with Gasteiger partial charge in [-0.15, -0.1) is 0 Å². The van der Waals surface area contributed by atoms with Gasteiger partial charge in [0, 0.05) is 37.9 Å². The van der Waals surface area contributed by atoms with Gasteiger partial charge in [0.05, 0.1) is 0 Å². The number of rotatable bonds is 5. The Balaban J connectivity index is 1.54. The highest BCUT2D eigenvalue weighted by atomic mass is 19.1. The topological polar surface area (TPSA) is 58.1 Å². The molecule has 0 aliphatic carbocycles. The van der Waals surface area contributed by atoms with Crippen LogP contribution in [0.5, 0.6) is 0 Å². The summed E-state index contributed by atoms with van der Waals surface area (Å²) in [7, 11) is 0. The molecule has 2 heterocycles. The molecule has 25 heavy (non-hydrogen) atoms. The molecule has 0 spiro atoms.